The lowest BCUT2D eigenvalue weighted by atomic mass is 10.3. The van der Waals surface area contributed by atoms with Gasteiger partial charge in [0, 0.05) is 19.2 Å². The van der Waals surface area contributed by atoms with Gasteiger partial charge in [-0.25, -0.2) is 0 Å². The third kappa shape index (κ3) is 3.90. The Morgan fingerprint density at radius 2 is 2.08 bits per heavy atom. The van der Waals surface area contributed by atoms with E-state index in [0.29, 0.717) is 24.5 Å². The predicted octanol–water partition coefficient (Wildman–Crippen LogP) is 0.238. The maximum atomic E-state index is 12.2. The van der Waals surface area contributed by atoms with Gasteiger partial charge >= 0.3 is 0 Å². The summed E-state index contributed by atoms with van der Waals surface area (Å²) in [6.07, 6.45) is 0. The molecular weight excluding hydrogens is 312 g/mol. The zero-order valence-corrected chi connectivity index (χ0v) is 13.8. The van der Waals surface area contributed by atoms with E-state index >= 15 is 0 Å². The number of hydrogen-bond acceptors (Lipinski definition) is 6. The number of amides is 1. The van der Waals surface area contributed by atoms with Gasteiger partial charge in [-0.3, -0.25) is 9.59 Å². The predicted molar refractivity (Wildman–Crippen MR) is 88.9 cm³/mol. The summed E-state index contributed by atoms with van der Waals surface area (Å²) in [6.45, 7) is 1.03. The van der Waals surface area contributed by atoms with E-state index in [4.69, 9.17) is 4.74 Å². The number of benzene rings is 1. The molecule has 0 bridgehead atoms. The van der Waals surface area contributed by atoms with Gasteiger partial charge in [0.1, 0.15) is 11.4 Å². The molecular formula is C16H20N4O4. The van der Waals surface area contributed by atoms with Crippen molar-refractivity contribution in [2.75, 3.05) is 34.3 Å². The molecule has 8 heteroatoms. The molecule has 0 saturated carbocycles. The van der Waals surface area contributed by atoms with Crippen LogP contribution >= 0.6 is 0 Å². The first-order chi connectivity index (χ1) is 11.4. The Balaban J connectivity index is 2.38. The molecule has 1 amide bonds. The van der Waals surface area contributed by atoms with Crippen LogP contribution in [0.2, 0.25) is 0 Å². The topological polar surface area (TPSA) is 96.7 Å². The fourth-order valence-corrected chi connectivity index (χ4v) is 2.06. The van der Waals surface area contributed by atoms with Gasteiger partial charge in [-0.15, -0.1) is 0 Å². The number of aromatic hydroxyl groups is 1. The number of nitrogens with one attached hydrogen (secondary N) is 1. The fraction of sp³-hybridized carbons (Fsp3) is 0.312. The number of carbonyl (C=O) groups excluding carboxylic acids is 1. The average Bonchev–Trinajstić information content (AvgIpc) is 2.54. The second-order valence-corrected chi connectivity index (χ2v) is 5.36. The lowest BCUT2D eigenvalue weighted by molar-refractivity contribution is 0.0941. The second-order valence-electron chi connectivity index (χ2n) is 5.36. The molecule has 1 aromatic carbocycles. The number of hydrogen-bond donors (Lipinski definition) is 2. The molecule has 0 unspecified atom stereocenters. The first-order valence-corrected chi connectivity index (χ1v) is 7.33. The van der Waals surface area contributed by atoms with E-state index in [1.807, 2.05) is 19.0 Å². The van der Waals surface area contributed by atoms with Crippen LogP contribution < -0.4 is 15.6 Å². The van der Waals surface area contributed by atoms with E-state index in [1.165, 1.54) is 7.11 Å². The Morgan fingerprint density at radius 1 is 1.38 bits per heavy atom. The van der Waals surface area contributed by atoms with Crippen LogP contribution in [0.25, 0.3) is 5.69 Å². The van der Waals surface area contributed by atoms with Crippen LogP contribution in [0.5, 0.6) is 11.5 Å². The highest BCUT2D eigenvalue weighted by atomic mass is 16.5. The van der Waals surface area contributed by atoms with Gasteiger partial charge in [-0.05, 0) is 26.2 Å². The summed E-state index contributed by atoms with van der Waals surface area (Å²) in [5, 5.41) is 16.5. The van der Waals surface area contributed by atoms with Gasteiger partial charge in [-0.2, -0.15) is 9.78 Å². The maximum Gasteiger partial charge on any atom is 0.275 e. The smallest absolute Gasteiger partial charge is 0.275 e. The quantitative estimate of drug-likeness (QED) is 0.786. The monoisotopic (exact) mass is 332 g/mol. The van der Waals surface area contributed by atoms with Crippen molar-refractivity contribution in [3.63, 3.8) is 0 Å². The van der Waals surface area contributed by atoms with Crippen LogP contribution in [0.3, 0.4) is 0 Å². The van der Waals surface area contributed by atoms with Crippen LogP contribution in [-0.2, 0) is 0 Å². The van der Waals surface area contributed by atoms with Crippen molar-refractivity contribution in [3.8, 4) is 17.2 Å². The molecule has 1 aromatic heterocycles. The number of likely N-dealkylation sites (N-methyl/N-ethyl adjacent to an activating group) is 1. The molecule has 0 radical (unpaired) electrons. The summed E-state index contributed by atoms with van der Waals surface area (Å²) < 4.78 is 6.24. The van der Waals surface area contributed by atoms with Crippen LogP contribution in [0.15, 0.2) is 35.1 Å². The molecule has 2 N–H and O–H groups in total. The number of methoxy groups -OCH3 is 1. The standard InChI is InChI=1S/C16H20N4O4/c1-19(2)9-8-17-16(23)15-12(21)10-14(22)20(18-15)11-6-4-5-7-13(11)24-3/h4-7,10,21H,8-9H2,1-3H3,(H,17,23). The summed E-state index contributed by atoms with van der Waals surface area (Å²) in [5.41, 5.74) is -0.409. The number of nitrogens with zero attached hydrogens (tertiary/aromatic N) is 3. The molecule has 0 spiro atoms. The Kier molecular flexibility index (Phi) is 5.54. The highest BCUT2D eigenvalue weighted by Gasteiger charge is 2.17. The van der Waals surface area contributed by atoms with Crippen molar-refractivity contribution in [1.29, 1.82) is 0 Å². The minimum atomic E-state index is -0.568. The van der Waals surface area contributed by atoms with E-state index in [1.54, 1.807) is 24.3 Å². The maximum absolute atomic E-state index is 12.2. The van der Waals surface area contributed by atoms with Gasteiger partial charge in [-0.1, -0.05) is 12.1 Å². The number of rotatable bonds is 6. The second kappa shape index (κ2) is 7.60. The SMILES string of the molecule is COc1ccccc1-n1nc(C(=O)NCCN(C)C)c(O)cc1=O. The van der Waals surface area contributed by atoms with E-state index in [0.717, 1.165) is 10.7 Å². The van der Waals surface area contributed by atoms with Crippen molar-refractivity contribution >= 4 is 5.91 Å². The molecule has 0 aliphatic rings. The molecule has 1 heterocycles. The third-order valence-electron chi connectivity index (χ3n) is 3.28. The first kappa shape index (κ1) is 17.5. The Hall–Kier alpha value is -2.87. The molecule has 0 fully saturated rings. The Labute approximate surface area is 139 Å². The molecule has 0 aliphatic heterocycles. The van der Waals surface area contributed by atoms with Crippen LogP contribution in [0.4, 0.5) is 0 Å². The average molecular weight is 332 g/mol. The number of carbonyl (C=O) groups is 1. The molecule has 128 valence electrons. The van der Waals surface area contributed by atoms with Gasteiger partial charge in [0.2, 0.25) is 0 Å². The van der Waals surface area contributed by atoms with Gasteiger partial charge in [0.25, 0.3) is 11.5 Å². The van der Waals surface area contributed by atoms with E-state index in [2.05, 4.69) is 10.4 Å². The van der Waals surface area contributed by atoms with Crippen LogP contribution in [-0.4, -0.2) is 60.0 Å². The molecule has 0 aliphatic carbocycles. The Bertz CT molecular complexity index is 786. The number of ether oxygens (including phenoxy) is 1. The third-order valence-corrected chi connectivity index (χ3v) is 3.28. The molecule has 0 saturated heterocycles. The molecule has 0 atom stereocenters. The molecule has 2 rings (SSSR count). The van der Waals surface area contributed by atoms with E-state index in [9.17, 15) is 14.7 Å². The summed E-state index contributed by atoms with van der Waals surface area (Å²) in [6, 6.07) is 7.74. The highest BCUT2D eigenvalue weighted by molar-refractivity contribution is 5.94. The summed E-state index contributed by atoms with van der Waals surface area (Å²) in [4.78, 5) is 26.2. The van der Waals surface area contributed by atoms with Crippen molar-refractivity contribution < 1.29 is 14.6 Å². The summed E-state index contributed by atoms with van der Waals surface area (Å²) in [5.74, 6) is -0.594. The lowest BCUT2D eigenvalue weighted by Crippen LogP contribution is -2.33. The number of aromatic nitrogens is 2. The van der Waals surface area contributed by atoms with Crippen molar-refractivity contribution in [2.24, 2.45) is 0 Å². The molecule has 24 heavy (non-hydrogen) atoms. The lowest BCUT2D eigenvalue weighted by Gasteiger charge is -2.13. The highest BCUT2D eigenvalue weighted by Crippen LogP contribution is 2.21. The number of para-hydroxylation sites is 2. The van der Waals surface area contributed by atoms with Crippen molar-refractivity contribution in [2.45, 2.75) is 0 Å². The van der Waals surface area contributed by atoms with Crippen molar-refractivity contribution in [1.82, 2.24) is 20.0 Å². The zero-order valence-electron chi connectivity index (χ0n) is 13.8. The van der Waals surface area contributed by atoms with Crippen LogP contribution in [0, 0.1) is 0 Å². The summed E-state index contributed by atoms with van der Waals surface area (Å²) >= 11 is 0. The van der Waals surface area contributed by atoms with Gasteiger partial charge in [0.05, 0.1) is 7.11 Å². The summed E-state index contributed by atoms with van der Waals surface area (Å²) in [7, 11) is 5.23. The van der Waals surface area contributed by atoms with Gasteiger partial charge < -0.3 is 20.1 Å². The minimum absolute atomic E-state index is 0.223. The van der Waals surface area contributed by atoms with Gasteiger partial charge in [0.15, 0.2) is 11.4 Å². The molecule has 8 nitrogen and oxygen atoms in total. The minimum Gasteiger partial charge on any atom is -0.505 e. The largest absolute Gasteiger partial charge is 0.505 e. The van der Waals surface area contributed by atoms with Crippen LogP contribution in [0.1, 0.15) is 10.5 Å². The fourth-order valence-electron chi connectivity index (χ4n) is 2.06. The normalized spacial score (nSPS) is 10.7. The Morgan fingerprint density at radius 3 is 2.75 bits per heavy atom. The van der Waals surface area contributed by atoms with E-state index < -0.39 is 17.2 Å². The van der Waals surface area contributed by atoms with E-state index in [-0.39, 0.29) is 5.69 Å². The van der Waals surface area contributed by atoms with Crippen molar-refractivity contribution in [3.05, 3.63) is 46.4 Å². The zero-order chi connectivity index (χ0) is 17.7. The molecule has 2 aromatic rings. The first-order valence-electron chi connectivity index (χ1n) is 7.33.